The van der Waals surface area contributed by atoms with Crippen molar-refractivity contribution in [2.24, 2.45) is 0 Å². The number of nitrogens with one attached hydrogen (secondary N) is 1. The highest BCUT2D eigenvalue weighted by molar-refractivity contribution is 6.76. The zero-order chi connectivity index (χ0) is 28.4. The van der Waals surface area contributed by atoms with Crippen LogP contribution in [-0.4, -0.2) is 66.6 Å². The first-order chi connectivity index (χ1) is 18.5. The van der Waals surface area contributed by atoms with Crippen LogP contribution in [-0.2, 0) is 36.6 Å². The summed E-state index contributed by atoms with van der Waals surface area (Å²) in [5.41, 5.74) is 1.11. The molecule has 2 aromatic rings. The molecule has 1 N–H and O–H groups in total. The molecular formula is C31H49NO5Si2. The summed E-state index contributed by atoms with van der Waals surface area (Å²) in [6.07, 6.45) is 1.30. The van der Waals surface area contributed by atoms with Gasteiger partial charge in [-0.1, -0.05) is 99.9 Å². The van der Waals surface area contributed by atoms with Gasteiger partial charge in [-0.05, 0) is 29.6 Å². The van der Waals surface area contributed by atoms with E-state index in [4.69, 9.17) is 18.9 Å². The van der Waals surface area contributed by atoms with Gasteiger partial charge in [0.15, 0.2) is 5.60 Å². The predicted molar refractivity (Wildman–Crippen MR) is 163 cm³/mol. The zero-order valence-corrected chi connectivity index (χ0v) is 26.8. The number of piperidine rings is 1. The van der Waals surface area contributed by atoms with Gasteiger partial charge in [-0.15, -0.1) is 0 Å². The van der Waals surface area contributed by atoms with Crippen LogP contribution in [0.5, 0.6) is 0 Å². The first-order valence-corrected chi connectivity index (χ1v) is 21.7. The lowest BCUT2D eigenvalue weighted by atomic mass is 9.81. The average molecular weight is 572 g/mol. The third-order valence-corrected chi connectivity index (χ3v) is 10.5. The second-order valence-electron chi connectivity index (χ2n) is 13.2. The number of ether oxygens (including phenoxy) is 4. The fraction of sp³-hybridized carbons (Fsp3) is 0.581. The van der Waals surface area contributed by atoms with Gasteiger partial charge in [-0.2, -0.15) is 0 Å². The Morgan fingerprint density at radius 1 is 0.795 bits per heavy atom. The highest BCUT2D eigenvalue weighted by Gasteiger charge is 2.49. The Morgan fingerprint density at radius 3 is 1.90 bits per heavy atom. The summed E-state index contributed by atoms with van der Waals surface area (Å²) in [7, 11) is -2.41. The Kier molecular flexibility index (Phi) is 12.0. The van der Waals surface area contributed by atoms with Gasteiger partial charge in [0.1, 0.15) is 13.6 Å². The molecule has 0 aliphatic carbocycles. The summed E-state index contributed by atoms with van der Waals surface area (Å²) < 4.78 is 24.5. The van der Waals surface area contributed by atoms with Gasteiger partial charge in [0.25, 0.3) is 5.91 Å². The van der Waals surface area contributed by atoms with Crippen LogP contribution in [0.2, 0.25) is 51.4 Å². The molecule has 1 aliphatic heterocycles. The average Bonchev–Trinajstić information content (AvgIpc) is 2.86. The lowest BCUT2D eigenvalue weighted by molar-refractivity contribution is -0.196. The number of carbonyl (C=O) groups is 1. The standard InChI is InChI=1S/C31H49NO5Si2/c1-38(2,3)19-17-34-24-36-29-23-31(22-27-15-11-8-12-16-27,37-25-35-18-20-39(4,5)6)30(33)32-28(29)21-26-13-9-7-10-14-26/h7-16,28-29H,17-25H2,1-6H3,(H,32,33)/t28-,29?,31?/m0/s1. The minimum Gasteiger partial charge on any atom is -0.356 e. The Morgan fingerprint density at radius 2 is 1.33 bits per heavy atom. The normalized spacial score (nSPS) is 22.1. The number of hydrogen-bond acceptors (Lipinski definition) is 5. The van der Waals surface area contributed by atoms with Crippen molar-refractivity contribution in [2.45, 2.75) is 88.4 Å². The van der Waals surface area contributed by atoms with E-state index >= 15 is 0 Å². The number of carbonyl (C=O) groups excluding carboxylic acids is 1. The SMILES string of the molecule is C[Si](C)(C)CCOCOC1CC(Cc2ccccc2)(OCOCC[Si](C)(C)C)C(=O)N[C@H]1Cc1ccccc1. The molecule has 3 atom stereocenters. The van der Waals surface area contributed by atoms with Crippen LogP contribution in [0.25, 0.3) is 0 Å². The van der Waals surface area contributed by atoms with Crippen LogP contribution in [0.3, 0.4) is 0 Å². The van der Waals surface area contributed by atoms with Gasteiger partial charge in [-0.25, -0.2) is 0 Å². The minimum absolute atomic E-state index is 0.0769. The second kappa shape index (κ2) is 14.7. The summed E-state index contributed by atoms with van der Waals surface area (Å²) in [6.45, 7) is 15.6. The summed E-state index contributed by atoms with van der Waals surface area (Å²) in [5, 5.41) is 3.27. The van der Waals surface area contributed by atoms with Crippen molar-refractivity contribution in [3.63, 3.8) is 0 Å². The van der Waals surface area contributed by atoms with Crippen molar-refractivity contribution in [3.05, 3.63) is 71.8 Å². The molecule has 1 fully saturated rings. The fourth-order valence-electron chi connectivity index (χ4n) is 4.60. The molecular weight excluding hydrogens is 523 g/mol. The van der Waals surface area contributed by atoms with Crippen molar-refractivity contribution in [2.75, 3.05) is 26.8 Å². The van der Waals surface area contributed by atoms with Crippen LogP contribution in [0.1, 0.15) is 17.5 Å². The van der Waals surface area contributed by atoms with E-state index in [2.05, 4.69) is 56.7 Å². The van der Waals surface area contributed by atoms with Gasteiger partial charge in [-0.3, -0.25) is 4.79 Å². The molecule has 3 rings (SSSR count). The molecule has 216 valence electrons. The molecule has 2 aromatic carbocycles. The maximum absolute atomic E-state index is 13.8. The lowest BCUT2D eigenvalue weighted by Gasteiger charge is -2.43. The third kappa shape index (κ3) is 11.3. The third-order valence-electron chi connectivity index (χ3n) is 7.12. The van der Waals surface area contributed by atoms with Gasteiger partial charge in [0, 0.05) is 42.2 Å². The lowest BCUT2D eigenvalue weighted by Crippen LogP contribution is -2.64. The Labute approximate surface area is 237 Å². The predicted octanol–water partition coefficient (Wildman–Crippen LogP) is 6.13. The van der Waals surface area contributed by atoms with Gasteiger partial charge >= 0.3 is 0 Å². The minimum atomic E-state index is -1.22. The van der Waals surface area contributed by atoms with Crippen LogP contribution in [0.4, 0.5) is 0 Å². The van der Waals surface area contributed by atoms with E-state index in [1.807, 2.05) is 48.5 Å². The van der Waals surface area contributed by atoms with Crippen molar-refractivity contribution in [1.82, 2.24) is 5.32 Å². The van der Waals surface area contributed by atoms with Crippen LogP contribution in [0.15, 0.2) is 60.7 Å². The monoisotopic (exact) mass is 571 g/mol. The van der Waals surface area contributed by atoms with Gasteiger partial charge in [0.2, 0.25) is 0 Å². The number of amides is 1. The zero-order valence-electron chi connectivity index (χ0n) is 24.8. The highest BCUT2D eigenvalue weighted by Crippen LogP contribution is 2.32. The quantitative estimate of drug-likeness (QED) is 0.149. The molecule has 1 heterocycles. The molecule has 2 unspecified atom stereocenters. The molecule has 1 aliphatic rings. The van der Waals surface area contributed by atoms with Crippen molar-refractivity contribution in [1.29, 1.82) is 0 Å². The molecule has 1 saturated heterocycles. The maximum Gasteiger partial charge on any atom is 0.253 e. The summed E-state index contributed by atoms with van der Waals surface area (Å²) >= 11 is 0. The number of benzene rings is 2. The van der Waals surface area contributed by atoms with Gasteiger partial charge in [0.05, 0.1) is 12.1 Å². The van der Waals surface area contributed by atoms with Crippen LogP contribution in [0, 0.1) is 0 Å². The number of rotatable bonds is 16. The van der Waals surface area contributed by atoms with Gasteiger partial charge < -0.3 is 24.3 Å². The van der Waals surface area contributed by atoms with E-state index in [0.29, 0.717) is 32.5 Å². The molecule has 39 heavy (non-hydrogen) atoms. The Balaban J connectivity index is 1.76. The number of hydrogen-bond donors (Lipinski definition) is 1. The van der Waals surface area contributed by atoms with Crippen molar-refractivity contribution >= 4 is 22.1 Å². The Bertz CT molecular complexity index is 994. The van der Waals surface area contributed by atoms with E-state index < -0.39 is 21.7 Å². The van der Waals surface area contributed by atoms with E-state index in [0.717, 1.165) is 23.2 Å². The molecule has 0 aromatic heterocycles. The summed E-state index contributed by atoms with van der Waals surface area (Å²) in [4.78, 5) is 13.8. The van der Waals surface area contributed by atoms with Crippen molar-refractivity contribution in [3.8, 4) is 0 Å². The van der Waals surface area contributed by atoms with Crippen LogP contribution >= 0.6 is 0 Å². The summed E-state index contributed by atoms with van der Waals surface area (Å²) in [5.74, 6) is -0.111. The van der Waals surface area contributed by atoms with E-state index in [1.165, 1.54) is 0 Å². The smallest absolute Gasteiger partial charge is 0.253 e. The van der Waals surface area contributed by atoms with Crippen molar-refractivity contribution < 1.29 is 23.7 Å². The topological polar surface area (TPSA) is 66.0 Å². The molecule has 0 spiro atoms. The molecule has 1 amide bonds. The van der Waals surface area contributed by atoms with E-state index in [9.17, 15) is 4.79 Å². The summed E-state index contributed by atoms with van der Waals surface area (Å²) in [6, 6.07) is 22.2. The van der Waals surface area contributed by atoms with E-state index in [1.54, 1.807) is 0 Å². The van der Waals surface area contributed by atoms with E-state index in [-0.39, 0.29) is 31.6 Å². The van der Waals surface area contributed by atoms with Crippen LogP contribution < -0.4 is 5.32 Å². The molecule has 0 bridgehead atoms. The molecule has 0 radical (unpaired) electrons. The Hall–Kier alpha value is -1.82. The highest BCUT2D eigenvalue weighted by atomic mass is 28.3. The largest absolute Gasteiger partial charge is 0.356 e. The molecule has 8 heteroatoms. The molecule has 6 nitrogen and oxygen atoms in total. The maximum atomic E-state index is 13.8. The molecule has 0 saturated carbocycles. The first kappa shape index (κ1) is 31.7. The first-order valence-electron chi connectivity index (χ1n) is 14.3. The second-order valence-corrected chi connectivity index (χ2v) is 24.4. The fourth-order valence-corrected chi connectivity index (χ4v) is 6.11.